The van der Waals surface area contributed by atoms with E-state index in [0.29, 0.717) is 13.1 Å². The number of hydrogen-bond donors (Lipinski definition) is 2. The second kappa shape index (κ2) is 4.80. The molecule has 1 aromatic rings. The van der Waals surface area contributed by atoms with Crippen molar-refractivity contribution in [3.8, 4) is 0 Å². The summed E-state index contributed by atoms with van der Waals surface area (Å²) in [6, 6.07) is 4.84. The maximum atomic E-state index is 13.3. The van der Waals surface area contributed by atoms with Crippen molar-refractivity contribution >= 4 is 5.69 Å². The Bertz CT molecular complexity index is 370. The highest BCUT2D eigenvalue weighted by Gasteiger charge is 2.18. The molecule has 1 aliphatic heterocycles. The van der Waals surface area contributed by atoms with E-state index in [1.54, 1.807) is 0 Å². The summed E-state index contributed by atoms with van der Waals surface area (Å²) in [4.78, 5) is 2.01. The van der Waals surface area contributed by atoms with Gasteiger partial charge in [-0.15, -0.1) is 0 Å². The Morgan fingerprint density at radius 3 is 2.94 bits per heavy atom. The van der Waals surface area contributed by atoms with E-state index in [9.17, 15) is 9.50 Å². The minimum atomic E-state index is -0.307. The number of nitrogens with two attached hydrogens (primary N) is 1. The minimum absolute atomic E-state index is 0.266. The number of anilines is 1. The minimum Gasteiger partial charge on any atom is -0.391 e. The zero-order valence-electron chi connectivity index (χ0n) is 9.19. The lowest BCUT2D eigenvalue weighted by atomic mass is 10.1. The largest absolute Gasteiger partial charge is 0.391 e. The number of nitrogens with zero attached hydrogens (tertiary/aromatic N) is 1. The van der Waals surface area contributed by atoms with Crippen LogP contribution in [0.3, 0.4) is 0 Å². The van der Waals surface area contributed by atoms with Crippen molar-refractivity contribution in [3.05, 3.63) is 29.6 Å². The van der Waals surface area contributed by atoms with Crippen molar-refractivity contribution in [1.29, 1.82) is 0 Å². The molecule has 0 spiro atoms. The second-order valence-corrected chi connectivity index (χ2v) is 4.26. The van der Waals surface area contributed by atoms with E-state index in [4.69, 9.17) is 5.73 Å². The molecule has 1 atom stereocenters. The number of aliphatic hydroxyl groups is 1. The summed E-state index contributed by atoms with van der Waals surface area (Å²) < 4.78 is 13.3. The fraction of sp³-hybridized carbons (Fsp3) is 0.500. The molecule has 3 nitrogen and oxygen atoms in total. The Hall–Kier alpha value is -1.13. The van der Waals surface area contributed by atoms with Crippen molar-refractivity contribution in [2.45, 2.75) is 25.5 Å². The van der Waals surface area contributed by atoms with Crippen molar-refractivity contribution in [1.82, 2.24) is 0 Å². The second-order valence-electron chi connectivity index (χ2n) is 4.26. The molecule has 0 amide bonds. The first-order valence-electron chi connectivity index (χ1n) is 5.61. The van der Waals surface area contributed by atoms with Crippen LogP contribution in [0.1, 0.15) is 18.4 Å². The molecule has 1 unspecified atom stereocenters. The van der Waals surface area contributed by atoms with Gasteiger partial charge in [-0.3, -0.25) is 0 Å². The number of β-amino-alcohol motifs (C(OH)–C–C–N with tert-alkyl or cyclic N) is 1. The number of rotatable bonds is 2. The molecular weight excluding hydrogens is 207 g/mol. The number of aliphatic hydroxyl groups excluding tert-OH is 1. The van der Waals surface area contributed by atoms with Gasteiger partial charge in [-0.05, 0) is 36.6 Å². The van der Waals surface area contributed by atoms with Crippen LogP contribution in [-0.2, 0) is 6.54 Å². The number of hydrogen-bond acceptors (Lipinski definition) is 3. The molecule has 1 saturated heterocycles. The third-order valence-electron chi connectivity index (χ3n) is 2.94. The normalized spacial score (nSPS) is 21.2. The molecule has 1 aliphatic rings. The van der Waals surface area contributed by atoms with Crippen LogP contribution in [0.5, 0.6) is 0 Å². The van der Waals surface area contributed by atoms with E-state index in [1.807, 2.05) is 11.0 Å². The lowest BCUT2D eigenvalue weighted by Gasteiger charge is -2.32. The Morgan fingerprint density at radius 2 is 2.25 bits per heavy atom. The molecule has 0 bridgehead atoms. The first-order chi connectivity index (χ1) is 7.69. The third kappa shape index (κ3) is 2.51. The van der Waals surface area contributed by atoms with Crippen molar-refractivity contribution in [3.63, 3.8) is 0 Å². The summed E-state index contributed by atoms with van der Waals surface area (Å²) in [5.41, 5.74) is 7.12. The molecule has 2 rings (SSSR count). The SMILES string of the molecule is NCc1cc(F)cc(N2CCCC(O)C2)c1. The van der Waals surface area contributed by atoms with Gasteiger partial charge in [0.05, 0.1) is 6.10 Å². The fourth-order valence-corrected chi connectivity index (χ4v) is 2.12. The molecule has 88 valence electrons. The average molecular weight is 224 g/mol. The van der Waals surface area contributed by atoms with Crippen LogP contribution in [0.15, 0.2) is 18.2 Å². The van der Waals surface area contributed by atoms with Crippen LogP contribution in [-0.4, -0.2) is 24.3 Å². The predicted molar refractivity (Wildman–Crippen MR) is 61.7 cm³/mol. The fourth-order valence-electron chi connectivity index (χ4n) is 2.12. The summed E-state index contributed by atoms with van der Waals surface area (Å²) >= 11 is 0. The Labute approximate surface area is 94.7 Å². The van der Waals surface area contributed by atoms with Gasteiger partial charge in [0.2, 0.25) is 0 Å². The maximum absolute atomic E-state index is 13.3. The van der Waals surface area contributed by atoms with Crippen LogP contribution in [0.25, 0.3) is 0 Å². The smallest absolute Gasteiger partial charge is 0.125 e. The highest BCUT2D eigenvalue weighted by Crippen LogP contribution is 2.22. The molecule has 1 aromatic carbocycles. The maximum Gasteiger partial charge on any atom is 0.125 e. The van der Waals surface area contributed by atoms with Gasteiger partial charge in [0, 0.05) is 25.3 Å². The van der Waals surface area contributed by atoms with Gasteiger partial charge < -0.3 is 15.7 Å². The Balaban J connectivity index is 2.21. The van der Waals surface area contributed by atoms with Gasteiger partial charge in [-0.25, -0.2) is 4.39 Å². The lowest BCUT2D eigenvalue weighted by molar-refractivity contribution is 0.154. The van der Waals surface area contributed by atoms with Crippen molar-refractivity contribution in [2.75, 3.05) is 18.0 Å². The molecule has 3 N–H and O–H groups in total. The average Bonchev–Trinajstić information content (AvgIpc) is 2.28. The summed E-state index contributed by atoms with van der Waals surface area (Å²) in [7, 11) is 0. The molecule has 16 heavy (non-hydrogen) atoms. The molecule has 0 saturated carbocycles. The van der Waals surface area contributed by atoms with Gasteiger partial charge in [-0.1, -0.05) is 0 Å². The Morgan fingerprint density at radius 1 is 1.44 bits per heavy atom. The standard InChI is InChI=1S/C12H17FN2O/c13-10-4-9(7-14)5-11(6-10)15-3-1-2-12(16)8-15/h4-6,12,16H,1-3,7-8,14H2. The first kappa shape index (κ1) is 11.4. The van der Waals surface area contributed by atoms with Crippen molar-refractivity contribution in [2.24, 2.45) is 5.73 Å². The molecular formula is C12H17FN2O. The number of piperidine rings is 1. The van der Waals surface area contributed by atoms with Gasteiger partial charge in [0.1, 0.15) is 5.82 Å². The monoisotopic (exact) mass is 224 g/mol. The zero-order chi connectivity index (χ0) is 11.5. The molecule has 0 aromatic heterocycles. The molecule has 4 heteroatoms. The first-order valence-corrected chi connectivity index (χ1v) is 5.61. The van der Waals surface area contributed by atoms with E-state index < -0.39 is 0 Å². The van der Waals surface area contributed by atoms with Crippen LogP contribution < -0.4 is 10.6 Å². The number of halogens is 1. The van der Waals surface area contributed by atoms with Crippen LogP contribution in [0.4, 0.5) is 10.1 Å². The van der Waals surface area contributed by atoms with Crippen LogP contribution >= 0.6 is 0 Å². The highest BCUT2D eigenvalue weighted by atomic mass is 19.1. The highest BCUT2D eigenvalue weighted by molar-refractivity contribution is 5.49. The van der Waals surface area contributed by atoms with Gasteiger partial charge in [0.25, 0.3) is 0 Å². The molecule has 0 aliphatic carbocycles. The van der Waals surface area contributed by atoms with Gasteiger partial charge in [-0.2, -0.15) is 0 Å². The van der Waals surface area contributed by atoms with Crippen LogP contribution in [0, 0.1) is 5.82 Å². The Kier molecular flexibility index (Phi) is 3.41. The molecule has 0 radical (unpaired) electrons. The predicted octanol–water partition coefficient (Wildman–Crippen LogP) is 1.25. The van der Waals surface area contributed by atoms with Gasteiger partial charge in [0.15, 0.2) is 0 Å². The topological polar surface area (TPSA) is 49.5 Å². The van der Waals surface area contributed by atoms with Gasteiger partial charge >= 0.3 is 0 Å². The van der Waals surface area contributed by atoms with E-state index >= 15 is 0 Å². The summed E-state index contributed by atoms with van der Waals surface area (Å²) in [5, 5.41) is 9.58. The summed E-state index contributed by atoms with van der Waals surface area (Å²) in [5.74, 6) is -0.266. The summed E-state index contributed by atoms with van der Waals surface area (Å²) in [6.07, 6.45) is 1.46. The van der Waals surface area contributed by atoms with E-state index in [1.165, 1.54) is 12.1 Å². The molecule has 1 heterocycles. The van der Waals surface area contributed by atoms with Crippen LogP contribution in [0.2, 0.25) is 0 Å². The zero-order valence-corrected chi connectivity index (χ0v) is 9.19. The number of benzene rings is 1. The lowest BCUT2D eigenvalue weighted by Crippen LogP contribution is -2.38. The molecule has 1 fully saturated rings. The third-order valence-corrected chi connectivity index (χ3v) is 2.94. The quantitative estimate of drug-likeness (QED) is 0.794. The van der Waals surface area contributed by atoms with E-state index in [2.05, 4.69) is 0 Å². The van der Waals surface area contributed by atoms with Crippen molar-refractivity contribution < 1.29 is 9.50 Å². The van der Waals surface area contributed by atoms with E-state index in [0.717, 1.165) is 30.6 Å². The summed E-state index contributed by atoms with van der Waals surface area (Å²) in [6.45, 7) is 1.78. The van der Waals surface area contributed by atoms with E-state index in [-0.39, 0.29) is 11.9 Å².